The molecular formula is C15H20BrF3N2O. The zero-order valence-electron chi connectivity index (χ0n) is 12.4. The van der Waals surface area contributed by atoms with Gasteiger partial charge in [-0.25, -0.2) is 0 Å². The molecule has 0 amide bonds. The Bertz CT molecular complexity index is 488. The Balaban J connectivity index is 1.76. The van der Waals surface area contributed by atoms with Crippen molar-refractivity contribution in [3.63, 3.8) is 0 Å². The molecule has 1 fully saturated rings. The van der Waals surface area contributed by atoms with Crippen LogP contribution in [0.4, 0.5) is 13.2 Å². The Hall–Kier alpha value is -0.790. The van der Waals surface area contributed by atoms with Gasteiger partial charge in [-0.15, -0.1) is 0 Å². The Morgan fingerprint density at radius 1 is 1.32 bits per heavy atom. The van der Waals surface area contributed by atoms with Crippen molar-refractivity contribution in [2.45, 2.75) is 31.6 Å². The van der Waals surface area contributed by atoms with E-state index in [-0.39, 0.29) is 6.04 Å². The fourth-order valence-corrected chi connectivity index (χ4v) is 3.22. The lowest BCUT2D eigenvalue weighted by Gasteiger charge is -2.32. The molecule has 2 rings (SSSR count). The van der Waals surface area contributed by atoms with E-state index in [1.807, 2.05) is 18.2 Å². The van der Waals surface area contributed by atoms with Gasteiger partial charge in [0, 0.05) is 12.6 Å². The summed E-state index contributed by atoms with van der Waals surface area (Å²) in [6, 6.07) is 6.14. The van der Waals surface area contributed by atoms with Crippen LogP contribution >= 0.6 is 15.9 Å². The summed E-state index contributed by atoms with van der Waals surface area (Å²) in [5.41, 5.74) is 1.12. The number of benzene rings is 1. The Labute approximate surface area is 136 Å². The molecule has 0 bridgehead atoms. The molecule has 0 saturated carbocycles. The van der Waals surface area contributed by atoms with Gasteiger partial charge in [0.1, 0.15) is 5.75 Å². The highest BCUT2D eigenvalue weighted by atomic mass is 79.9. The third-order valence-electron chi connectivity index (χ3n) is 3.80. The molecule has 1 aromatic carbocycles. The highest BCUT2D eigenvalue weighted by Gasteiger charge is 2.32. The molecule has 22 heavy (non-hydrogen) atoms. The van der Waals surface area contributed by atoms with Crippen LogP contribution in [0.1, 0.15) is 18.4 Å². The van der Waals surface area contributed by atoms with Crippen molar-refractivity contribution < 1.29 is 17.9 Å². The van der Waals surface area contributed by atoms with Crippen LogP contribution in [-0.2, 0) is 6.54 Å². The number of nitrogens with one attached hydrogen (secondary N) is 1. The standard InChI is InChI=1S/C15H20BrF3N2O/c1-22-14-3-2-11(8-13(14)16)9-20-12-4-6-21(7-5-12)10-15(17,18)19/h2-3,8,12,20H,4-7,9-10H2,1H3. The summed E-state index contributed by atoms with van der Waals surface area (Å²) < 4.78 is 43.1. The summed E-state index contributed by atoms with van der Waals surface area (Å²) >= 11 is 3.44. The zero-order chi connectivity index (χ0) is 16.2. The van der Waals surface area contributed by atoms with Crippen LogP contribution in [0.3, 0.4) is 0 Å². The summed E-state index contributed by atoms with van der Waals surface area (Å²) in [5.74, 6) is 0.782. The van der Waals surface area contributed by atoms with E-state index in [9.17, 15) is 13.2 Å². The number of halogens is 4. The predicted octanol–water partition coefficient (Wildman–Crippen LogP) is 3.57. The Morgan fingerprint density at radius 3 is 2.55 bits per heavy atom. The highest BCUT2D eigenvalue weighted by Crippen LogP contribution is 2.25. The van der Waals surface area contributed by atoms with Crippen LogP contribution in [0.2, 0.25) is 0 Å². The van der Waals surface area contributed by atoms with Gasteiger partial charge in [0.25, 0.3) is 0 Å². The third kappa shape index (κ3) is 5.44. The first-order chi connectivity index (χ1) is 10.4. The molecular weight excluding hydrogens is 361 g/mol. The minimum atomic E-state index is -4.10. The lowest BCUT2D eigenvalue weighted by molar-refractivity contribution is -0.148. The smallest absolute Gasteiger partial charge is 0.401 e. The van der Waals surface area contributed by atoms with Crippen molar-refractivity contribution in [3.8, 4) is 5.75 Å². The second-order valence-corrected chi connectivity index (χ2v) is 6.37. The van der Waals surface area contributed by atoms with Crippen molar-refractivity contribution >= 4 is 15.9 Å². The minimum Gasteiger partial charge on any atom is -0.496 e. The number of nitrogens with zero attached hydrogens (tertiary/aromatic N) is 1. The molecule has 0 aromatic heterocycles. The van der Waals surface area contributed by atoms with E-state index in [1.54, 1.807) is 7.11 Å². The number of methoxy groups -OCH3 is 1. The summed E-state index contributed by atoms with van der Waals surface area (Å²) in [6.07, 6.45) is -2.61. The van der Waals surface area contributed by atoms with Gasteiger partial charge in [-0.05, 0) is 59.6 Å². The van der Waals surface area contributed by atoms with Crippen LogP contribution in [0.25, 0.3) is 0 Å². The van der Waals surface area contributed by atoms with Gasteiger partial charge in [-0.3, -0.25) is 4.90 Å². The second-order valence-electron chi connectivity index (χ2n) is 5.52. The number of alkyl halides is 3. The summed E-state index contributed by atoms with van der Waals surface area (Å²) in [4.78, 5) is 1.47. The van der Waals surface area contributed by atoms with Crippen LogP contribution < -0.4 is 10.1 Å². The fraction of sp³-hybridized carbons (Fsp3) is 0.600. The molecule has 1 heterocycles. The van der Waals surface area contributed by atoms with Gasteiger partial charge < -0.3 is 10.1 Å². The normalized spacial score (nSPS) is 17.7. The molecule has 7 heteroatoms. The van der Waals surface area contributed by atoms with E-state index >= 15 is 0 Å². The largest absolute Gasteiger partial charge is 0.496 e. The number of rotatable bonds is 5. The SMILES string of the molecule is COc1ccc(CNC2CCN(CC(F)(F)F)CC2)cc1Br. The van der Waals surface area contributed by atoms with E-state index in [2.05, 4.69) is 21.2 Å². The average Bonchev–Trinajstić information content (AvgIpc) is 2.45. The van der Waals surface area contributed by atoms with E-state index in [0.717, 1.165) is 28.6 Å². The van der Waals surface area contributed by atoms with Crippen LogP contribution in [0.15, 0.2) is 22.7 Å². The molecule has 1 aromatic rings. The molecule has 1 N–H and O–H groups in total. The van der Waals surface area contributed by atoms with E-state index in [1.165, 1.54) is 4.90 Å². The number of piperidine rings is 1. The lowest BCUT2D eigenvalue weighted by Crippen LogP contribution is -2.45. The first-order valence-electron chi connectivity index (χ1n) is 7.22. The van der Waals surface area contributed by atoms with Gasteiger partial charge >= 0.3 is 6.18 Å². The Morgan fingerprint density at radius 2 is 2.00 bits per heavy atom. The molecule has 1 saturated heterocycles. The van der Waals surface area contributed by atoms with Crippen molar-refractivity contribution in [1.82, 2.24) is 10.2 Å². The summed E-state index contributed by atoms with van der Waals surface area (Å²) in [7, 11) is 1.62. The molecule has 0 aliphatic carbocycles. The molecule has 1 aliphatic heterocycles. The van der Waals surface area contributed by atoms with Crippen LogP contribution in [0, 0.1) is 0 Å². The minimum absolute atomic E-state index is 0.269. The fourth-order valence-electron chi connectivity index (χ4n) is 2.63. The van der Waals surface area contributed by atoms with Crippen LogP contribution in [0.5, 0.6) is 5.75 Å². The Kier molecular flexibility index (Phi) is 6.11. The monoisotopic (exact) mass is 380 g/mol. The molecule has 1 aliphatic rings. The number of ether oxygens (including phenoxy) is 1. The molecule has 124 valence electrons. The van der Waals surface area contributed by atoms with Crippen LogP contribution in [-0.4, -0.2) is 43.9 Å². The first-order valence-corrected chi connectivity index (χ1v) is 8.01. The quantitative estimate of drug-likeness (QED) is 0.844. The van der Waals surface area contributed by atoms with Gasteiger partial charge in [0.05, 0.1) is 18.1 Å². The van der Waals surface area contributed by atoms with Gasteiger partial charge in [0.15, 0.2) is 0 Å². The van der Waals surface area contributed by atoms with Gasteiger partial charge in [-0.2, -0.15) is 13.2 Å². The van der Waals surface area contributed by atoms with Crippen molar-refractivity contribution in [2.24, 2.45) is 0 Å². The molecule has 3 nitrogen and oxygen atoms in total. The molecule has 0 unspecified atom stereocenters. The average molecular weight is 381 g/mol. The van der Waals surface area contributed by atoms with Crippen molar-refractivity contribution in [2.75, 3.05) is 26.7 Å². The number of hydrogen-bond donors (Lipinski definition) is 1. The number of hydrogen-bond acceptors (Lipinski definition) is 3. The summed E-state index contributed by atoms with van der Waals surface area (Å²) in [5, 5.41) is 3.42. The molecule has 0 atom stereocenters. The highest BCUT2D eigenvalue weighted by molar-refractivity contribution is 9.10. The van der Waals surface area contributed by atoms with Crippen molar-refractivity contribution in [3.05, 3.63) is 28.2 Å². The molecule has 0 radical (unpaired) electrons. The van der Waals surface area contributed by atoms with E-state index in [4.69, 9.17) is 4.74 Å². The molecule has 0 spiro atoms. The van der Waals surface area contributed by atoms with Gasteiger partial charge in [0.2, 0.25) is 0 Å². The third-order valence-corrected chi connectivity index (χ3v) is 4.42. The topological polar surface area (TPSA) is 24.5 Å². The zero-order valence-corrected chi connectivity index (χ0v) is 14.0. The predicted molar refractivity (Wildman–Crippen MR) is 83.1 cm³/mol. The van der Waals surface area contributed by atoms with Gasteiger partial charge in [-0.1, -0.05) is 6.07 Å². The van der Waals surface area contributed by atoms with Crippen molar-refractivity contribution in [1.29, 1.82) is 0 Å². The van der Waals surface area contributed by atoms with E-state index in [0.29, 0.717) is 19.6 Å². The van der Waals surface area contributed by atoms with E-state index < -0.39 is 12.7 Å². The summed E-state index contributed by atoms with van der Waals surface area (Å²) in [6.45, 7) is 0.880. The second kappa shape index (κ2) is 7.66. The maximum absolute atomic E-state index is 12.3. The first kappa shape index (κ1) is 17.6. The maximum Gasteiger partial charge on any atom is 0.401 e. The number of likely N-dealkylation sites (tertiary alicyclic amines) is 1. The lowest BCUT2D eigenvalue weighted by atomic mass is 10.0. The maximum atomic E-state index is 12.3.